The first kappa shape index (κ1) is 17.1. The Hall–Kier alpha value is -1.75. The molecule has 1 aromatic carbocycles. The van der Waals surface area contributed by atoms with Gasteiger partial charge in [0.2, 0.25) is 5.91 Å². The van der Waals surface area contributed by atoms with E-state index < -0.39 is 0 Å². The van der Waals surface area contributed by atoms with Crippen molar-refractivity contribution < 1.29 is 19.0 Å². The maximum Gasteiger partial charge on any atom is 0.222 e. The van der Waals surface area contributed by atoms with Gasteiger partial charge in [-0.25, -0.2) is 0 Å². The molecule has 132 valence electrons. The number of likely N-dealkylation sites (tertiary alicyclic amines) is 1. The summed E-state index contributed by atoms with van der Waals surface area (Å²) in [4.78, 5) is 14.3. The Morgan fingerprint density at radius 2 is 2.12 bits per heavy atom. The third-order valence-electron chi connectivity index (χ3n) is 5.11. The highest BCUT2D eigenvalue weighted by Gasteiger charge is 2.38. The Kier molecular flexibility index (Phi) is 5.29. The standard InChI is InChI=1S/C19H27NO4/c1-15-4-5-16(17(14-15)22-2)23-13-11-20-10-9-19(7-3-12-24-19)8-6-18(20)21/h4-5,14H,3,6-13H2,1-2H3/t19-/m1/s1. The van der Waals surface area contributed by atoms with Gasteiger partial charge in [-0.2, -0.15) is 0 Å². The van der Waals surface area contributed by atoms with Gasteiger partial charge >= 0.3 is 0 Å². The molecule has 2 aliphatic rings. The molecular formula is C19H27NO4. The fourth-order valence-electron chi connectivity index (χ4n) is 3.63. The molecule has 1 aromatic rings. The van der Waals surface area contributed by atoms with Crippen LogP contribution in [-0.4, -0.2) is 49.8 Å². The second-order valence-corrected chi connectivity index (χ2v) is 6.77. The van der Waals surface area contributed by atoms with Crippen LogP contribution in [0.1, 0.15) is 37.7 Å². The van der Waals surface area contributed by atoms with Gasteiger partial charge in [0.1, 0.15) is 6.61 Å². The van der Waals surface area contributed by atoms with E-state index in [0.29, 0.717) is 19.6 Å². The van der Waals surface area contributed by atoms with Gasteiger partial charge in [-0.15, -0.1) is 0 Å². The van der Waals surface area contributed by atoms with Crippen molar-refractivity contribution in [2.45, 2.75) is 44.6 Å². The van der Waals surface area contributed by atoms with E-state index in [4.69, 9.17) is 14.2 Å². The summed E-state index contributed by atoms with van der Waals surface area (Å²) in [6.07, 6.45) is 4.57. The third kappa shape index (κ3) is 3.83. The number of carbonyl (C=O) groups excluding carboxylic acids is 1. The first-order valence-electron chi connectivity index (χ1n) is 8.81. The molecule has 2 saturated heterocycles. The van der Waals surface area contributed by atoms with E-state index in [1.165, 1.54) is 0 Å². The normalized spacial score (nSPS) is 24.2. The number of amides is 1. The first-order valence-corrected chi connectivity index (χ1v) is 8.81. The molecule has 1 amide bonds. The first-order chi connectivity index (χ1) is 11.6. The highest BCUT2D eigenvalue weighted by Crippen LogP contribution is 2.36. The molecule has 1 spiro atoms. The molecule has 2 aliphatic heterocycles. The van der Waals surface area contributed by atoms with Crippen LogP contribution >= 0.6 is 0 Å². The zero-order valence-corrected chi connectivity index (χ0v) is 14.7. The molecule has 0 aromatic heterocycles. The fraction of sp³-hybridized carbons (Fsp3) is 0.632. The van der Waals surface area contributed by atoms with Gasteiger partial charge in [-0.3, -0.25) is 4.79 Å². The van der Waals surface area contributed by atoms with Crippen LogP contribution in [0.15, 0.2) is 18.2 Å². The van der Waals surface area contributed by atoms with Crippen molar-refractivity contribution in [1.82, 2.24) is 4.90 Å². The van der Waals surface area contributed by atoms with Gasteiger partial charge in [0.15, 0.2) is 11.5 Å². The van der Waals surface area contributed by atoms with Crippen LogP contribution in [0.4, 0.5) is 0 Å². The van der Waals surface area contributed by atoms with Crippen LogP contribution in [0.25, 0.3) is 0 Å². The number of ether oxygens (including phenoxy) is 3. The SMILES string of the molecule is COc1cc(C)ccc1OCCN1CC[C@@]2(CCCO2)CCC1=O. The predicted molar refractivity (Wildman–Crippen MR) is 91.6 cm³/mol. The van der Waals surface area contributed by atoms with Crippen LogP contribution in [0.2, 0.25) is 0 Å². The average Bonchev–Trinajstić information content (AvgIpc) is 2.99. The number of carbonyl (C=O) groups is 1. The topological polar surface area (TPSA) is 48.0 Å². The van der Waals surface area contributed by atoms with Gasteiger partial charge in [-0.1, -0.05) is 6.07 Å². The predicted octanol–water partition coefficient (Wildman–Crippen LogP) is 2.94. The summed E-state index contributed by atoms with van der Waals surface area (Å²) in [5.74, 6) is 1.67. The van der Waals surface area contributed by atoms with Crippen molar-refractivity contribution >= 4 is 5.91 Å². The van der Waals surface area contributed by atoms with E-state index in [0.717, 1.165) is 55.9 Å². The zero-order valence-electron chi connectivity index (χ0n) is 14.7. The molecule has 24 heavy (non-hydrogen) atoms. The maximum absolute atomic E-state index is 12.4. The van der Waals surface area contributed by atoms with Crippen molar-refractivity contribution in [2.24, 2.45) is 0 Å². The van der Waals surface area contributed by atoms with E-state index in [1.807, 2.05) is 30.0 Å². The van der Waals surface area contributed by atoms with Crippen LogP contribution in [-0.2, 0) is 9.53 Å². The molecule has 0 aliphatic carbocycles. The molecule has 5 heteroatoms. The minimum Gasteiger partial charge on any atom is -0.493 e. The second-order valence-electron chi connectivity index (χ2n) is 6.77. The minimum absolute atomic E-state index is 0.0502. The van der Waals surface area contributed by atoms with Crippen LogP contribution < -0.4 is 9.47 Å². The number of methoxy groups -OCH3 is 1. The Morgan fingerprint density at radius 3 is 2.88 bits per heavy atom. The molecule has 0 radical (unpaired) electrons. The fourth-order valence-corrected chi connectivity index (χ4v) is 3.63. The number of benzene rings is 1. The van der Waals surface area contributed by atoms with E-state index >= 15 is 0 Å². The minimum atomic E-state index is -0.0502. The summed E-state index contributed by atoms with van der Waals surface area (Å²) in [6, 6.07) is 5.86. The number of aryl methyl sites for hydroxylation is 1. The van der Waals surface area contributed by atoms with Gasteiger partial charge < -0.3 is 19.1 Å². The largest absolute Gasteiger partial charge is 0.493 e. The lowest BCUT2D eigenvalue weighted by Gasteiger charge is -2.26. The lowest BCUT2D eigenvalue weighted by molar-refractivity contribution is -0.131. The summed E-state index contributed by atoms with van der Waals surface area (Å²) in [5.41, 5.74) is 1.08. The molecule has 2 fully saturated rings. The van der Waals surface area contributed by atoms with Crippen molar-refractivity contribution in [1.29, 1.82) is 0 Å². The number of rotatable bonds is 5. The number of nitrogens with zero attached hydrogens (tertiary/aromatic N) is 1. The summed E-state index contributed by atoms with van der Waals surface area (Å²) < 4.78 is 17.1. The van der Waals surface area contributed by atoms with E-state index in [1.54, 1.807) is 7.11 Å². The molecule has 0 unspecified atom stereocenters. The Balaban J connectivity index is 1.53. The molecule has 5 nitrogen and oxygen atoms in total. The van der Waals surface area contributed by atoms with Crippen molar-refractivity contribution in [3.05, 3.63) is 23.8 Å². The zero-order chi connectivity index (χ0) is 17.0. The van der Waals surface area contributed by atoms with E-state index in [9.17, 15) is 4.79 Å². The van der Waals surface area contributed by atoms with E-state index in [-0.39, 0.29) is 11.5 Å². The lowest BCUT2D eigenvalue weighted by atomic mass is 9.92. The molecule has 2 heterocycles. The Labute approximate surface area is 143 Å². The molecular weight excluding hydrogens is 306 g/mol. The molecule has 1 atom stereocenters. The quantitative estimate of drug-likeness (QED) is 0.831. The highest BCUT2D eigenvalue weighted by molar-refractivity contribution is 5.76. The Morgan fingerprint density at radius 1 is 1.25 bits per heavy atom. The van der Waals surface area contributed by atoms with Crippen LogP contribution in [0.3, 0.4) is 0 Å². The highest BCUT2D eigenvalue weighted by atomic mass is 16.5. The van der Waals surface area contributed by atoms with Crippen LogP contribution in [0, 0.1) is 6.92 Å². The summed E-state index contributed by atoms with van der Waals surface area (Å²) in [6.45, 7) is 4.69. The van der Waals surface area contributed by atoms with Crippen molar-refractivity contribution in [3.63, 3.8) is 0 Å². The van der Waals surface area contributed by atoms with Crippen molar-refractivity contribution in [2.75, 3.05) is 33.4 Å². The van der Waals surface area contributed by atoms with Crippen molar-refractivity contribution in [3.8, 4) is 11.5 Å². The smallest absolute Gasteiger partial charge is 0.222 e. The van der Waals surface area contributed by atoms with Gasteiger partial charge in [0, 0.05) is 19.6 Å². The summed E-state index contributed by atoms with van der Waals surface area (Å²) in [5, 5.41) is 0. The molecule has 0 N–H and O–H groups in total. The summed E-state index contributed by atoms with van der Waals surface area (Å²) >= 11 is 0. The molecule has 0 bridgehead atoms. The Bertz CT molecular complexity index is 581. The van der Waals surface area contributed by atoms with E-state index in [2.05, 4.69) is 0 Å². The van der Waals surface area contributed by atoms with Crippen LogP contribution in [0.5, 0.6) is 11.5 Å². The number of hydrogen-bond acceptors (Lipinski definition) is 4. The number of hydrogen-bond donors (Lipinski definition) is 0. The van der Waals surface area contributed by atoms with Gasteiger partial charge in [-0.05, 0) is 50.3 Å². The van der Waals surface area contributed by atoms with Gasteiger partial charge in [0.25, 0.3) is 0 Å². The average molecular weight is 333 g/mol. The summed E-state index contributed by atoms with van der Waals surface area (Å²) in [7, 11) is 1.64. The molecule has 0 saturated carbocycles. The molecule has 3 rings (SSSR count). The lowest BCUT2D eigenvalue weighted by Crippen LogP contribution is -2.35. The maximum atomic E-state index is 12.4. The monoisotopic (exact) mass is 333 g/mol. The third-order valence-corrected chi connectivity index (χ3v) is 5.11. The van der Waals surface area contributed by atoms with Gasteiger partial charge in [0.05, 0.1) is 19.3 Å². The second kappa shape index (κ2) is 7.43.